The minimum atomic E-state index is -0.797. The van der Waals surface area contributed by atoms with E-state index in [1.54, 1.807) is 63.2 Å². The fourth-order valence-corrected chi connectivity index (χ4v) is 26.5. The number of Topliss-reactive ketones (excluding diaryl/α,β-unsaturated/α-hetero) is 2. The second kappa shape index (κ2) is 48.3. The lowest BCUT2D eigenvalue weighted by molar-refractivity contribution is 0.0395. The van der Waals surface area contributed by atoms with Gasteiger partial charge in [-0.05, 0) is 136 Å². The predicted molar refractivity (Wildman–Crippen MR) is 533 cm³/mol. The number of hydrogen-bond acceptors (Lipinski definition) is 13. The van der Waals surface area contributed by atoms with Crippen molar-refractivity contribution in [3.8, 4) is 62.7 Å². The van der Waals surface area contributed by atoms with Crippen LogP contribution in [0, 0.1) is 41.7 Å². The normalized spacial score (nSPS) is 15.3. The molecule has 1 unspecified atom stereocenters. The summed E-state index contributed by atoms with van der Waals surface area (Å²) in [5.41, 5.74) is 3.35. The molecule has 0 bridgehead atoms. The number of unbranched alkanes of at least 4 members (excludes halogenated alkanes) is 37. The second-order valence-electron chi connectivity index (χ2n) is 35.8. The topological polar surface area (TPSA) is 146 Å². The molecule has 0 saturated heterocycles. The molecule has 12 rings (SSSR count). The van der Waals surface area contributed by atoms with Crippen molar-refractivity contribution in [1.29, 1.82) is 10.5 Å². The first kappa shape index (κ1) is 98.1. The van der Waals surface area contributed by atoms with Crippen molar-refractivity contribution in [1.82, 2.24) is 4.90 Å². The maximum Gasteiger partial charge on any atom is 0.528 e. The van der Waals surface area contributed by atoms with E-state index in [9.17, 15) is 20.1 Å². The maximum atomic E-state index is 16.3. The largest absolute Gasteiger partial charge is 0.528 e. The molecule has 2 amide bonds. The van der Waals surface area contributed by atoms with Crippen molar-refractivity contribution < 1.29 is 28.7 Å². The van der Waals surface area contributed by atoms with Crippen LogP contribution in [0.5, 0.6) is 11.5 Å². The lowest BCUT2D eigenvalue weighted by atomic mass is 9.81. The molecular weight excluding hydrogens is 1740 g/mol. The zero-order chi connectivity index (χ0) is 89.3. The van der Waals surface area contributed by atoms with Gasteiger partial charge >= 0.3 is 5.82 Å². The third-order valence-corrected chi connectivity index (χ3v) is 34.3. The molecule has 0 N–H and O–H groups in total. The molecule has 0 radical (unpaired) electrons. The van der Waals surface area contributed by atoms with E-state index in [0.717, 1.165) is 179 Å². The summed E-state index contributed by atoms with van der Waals surface area (Å²) in [4.78, 5) is 79.6. The Morgan fingerprint density at radius 2 is 0.722 bits per heavy atom. The molecule has 1 atom stereocenters. The molecule has 0 spiro atoms. The van der Waals surface area contributed by atoms with E-state index in [1.165, 1.54) is 215 Å². The Morgan fingerprint density at radius 3 is 1.05 bits per heavy atom. The monoisotopic (exact) mass is 1870 g/mol. The molecule has 8 heterocycles. The van der Waals surface area contributed by atoms with E-state index in [2.05, 4.69) is 75.5 Å². The molecule has 5 aromatic heterocycles. The first-order valence-electron chi connectivity index (χ1n) is 47.9. The minimum Gasteiger partial charge on any atom is -0.481 e. The lowest BCUT2D eigenvalue weighted by Crippen LogP contribution is -2.35. The number of benzene rings is 2. The summed E-state index contributed by atoms with van der Waals surface area (Å²) >= 11 is 34.4. The van der Waals surface area contributed by atoms with E-state index >= 15 is 9.59 Å². The van der Waals surface area contributed by atoms with Crippen LogP contribution in [0.25, 0.3) is 72.0 Å². The molecule has 2 aliphatic carbocycles. The van der Waals surface area contributed by atoms with Crippen LogP contribution in [-0.2, 0) is 11.2 Å². The number of imide groups is 1. The van der Waals surface area contributed by atoms with Crippen LogP contribution in [0.15, 0.2) is 71.1 Å². The Morgan fingerprint density at radius 1 is 0.405 bits per heavy atom. The van der Waals surface area contributed by atoms with E-state index < -0.39 is 11.2 Å². The Balaban J connectivity index is 1.03. The van der Waals surface area contributed by atoms with Gasteiger partial charge in [0.1, 0.15) is 53.6 Å². The quantitative estimate of drug-likeness (QED) is 0.0120. The van der Waals surface area contributed by atoms with Crippen LogP contribution in [0.4, 0.5) is 0 Å². The highest BCUT2D eigenvalue weighted by Crippen LogP contribution is 2.63. The summed E-state index contributed by atoms with van der Waals surface area (Å²) in [7, 11) is 0. The van der Waals surface area contributed by atoms with Gasteiger partial charge in [-0.25, -0.2) is 0 Å². The molecular formula is C106H127Cl4N5O6S5. The van der Waals surface area contributed by atoms with Crippen molar-refractivity contribution in [2.45, 2.75) is 361 Å². The average Bonchev–Trinajstić information content (AvgIpc) is 1.54. The van der Waals surface area contributed by atoms with Crippen LogP contribution in [-0.4, -0.2) is 34.8 Å². The van der Waals surface area contributed by atoms with Crippen molar-refractivity contribution in [3.05, 3.63) is 168 Å². The van der Waals surface area contributed by atoms with Gasteiger partial charge in [-0.3, -0.25) is 24.1 Å². The Labute approximate surface area is 791 Å². The zero-order valence-electron chi connectivity index (χ0n) is 75.2. The number of ether oxygens (including phenoxy) is 2. The first-order valence-corrected chi connectivity index (χ1v) is 53.5. The van der Waals surface area contributed by atoms with Crippen molar-refractivity contribution in [2.24, 2.45) is 5.92 Å². The third-order valence-electron chi connectivity index (χ3n) is 26.6. The standard InChI is InChI=1S/C106H127Cl4N5O6S5/c1-9-15-20-24-28-32-36-40-44-48-53-105(54-49-45-41-37-33-29-25-21-16-10-2)80-65-88(124-96(80)98-86(120-105)59-72(122-98)57-78-90(71(67-111)68-112)74-61-82(107)84(109)63-76(74)94(78)116)100-92-93(104(119)115(103(92)118)69-70(14-6)52-19-13-5)101(126-100)89-66-81-97(125-89)99-87(60-73(123-99)58-79-91(102(113-7)114-8)75-62-83(108)85(110)64-77(75)95(79)117)121-106(81,55-50-46-42-38-34-30-26-22-17-11-3)56-51-47-43-39-35-31-27-23-18-12-4/h57-66,70H,9-56,69H2,1-6H3/b78-57-,79-58-. The number of halogens is 4. The Hall–Kier alpha value is -6.90. The number of carbonyl (C=O) groups excluding carboxylic acids is 4. The summed E-state index contributed by atoms with van der Waals surface area (Å²) in [6.07, 6.45) is 57.5. The number of amides is 2. The number of hydrogen-bond donors (Lipinski definition) is 0. The molecule has 3 aliphatic heterocycles. The zero-order valence-corrected chi connectivity index (χ0v) is 82.3. The van der Waals surface area contributed by atoms with E-state index in [4.69, 9.17) is 69.0 Å². The Bertz CT molecular complexity index is 4930. The molecule has 670 valence electrons. The number of allylic oxidation sites excluding steroid dienone is 5. The van der Waals surface area contributed by atoms with E-state index in [0.29, 0.717) is 50.1 Å². The van der Waals surface area contributed by atoms with Gasteiger partial charge in [0.2, 0.25) is 0 Å². The van der Waals surface area contributed by atoms with E-state index in [1.807, 2.05) is 12.1 Å². The molecule has 0 saturated carbocycles. The van der Waals surface area contributed by atoms with Gasteiger partial charge < -0.3 is 9.47 Å². The van der Waals surface area contributed by atoms with Crippen molar-refractivity contribution in [2.75, 3.05) is 6.54 Å². The second-order valence-corrected chi connectivity index (χ2v) is 42.7. The summed E-state index contributed by atoms with van der Waals surface area (Å²) in [6, 6.07) is 19.1. The molecule has 126 heavy (non-hydrogen) atoms. The van der Waals surface area contributed by atoms with Crippen LogP contribution in [0.2, 0.25) is 20.1 Å². The van der Waals surface area contributed by atoms with Crippen LogP contribution < -0.4 is 9.47 Å². The van der Waals surface area contributed by atoms with Crippen LogP contribution >= 0.6 is 103 Å². The number of fused-ring (bicyclic) bond motifs is 9. The number of thiophene rings is 5. The third kappa shape index (κ3) is 23.2. The molecule has 0 fully saturated rings. The molecule has 5 aliphatic rings. The number of rotatable bonds is 54. The van der Waals surface area contributed by atoms with Gasteiger partial charge in [-0.2, -0.15) is 20.2 Å². The highest BCUT2D eigenvalue weighted by Gasteiger charge is 2.50. The molecule has 11 nitrogen and oxygen atoms in total. The van der Waals surface area contributed by atoms with Gasteiger partial charge in [0.15, 0.2) is 11.6 Å². The van der Waals surface area contributed by atoms with Gasteiger partial charge in [0.05, 0.1) is 66.1 Å². The lowest BCUT2D eigenvalue weighted by Gasteiger charge is -2.38. The highest BCUT2D eigenvalue weighted by molar-refractivity contribution is 7.30. The summed E-state index contributed by atoms with van der Waals surface area (Å²) in [5.74, 6) is -0.0287. The molecule has 2 aromatic carbocycles. The van der Waals surface area contributed by atoms with Crippen LogP contribution in [0.3, 0.4) is 0 Å². The van der Waals surface area contributed by atoms with Gasteiger partial charge in [0, 0.05) is 65.0 Å². The van der Waals surface area contributed by atoms with Crippen molar-refractivity contribution >= 4 is 150 Å². The fourth-order valence-electron chi connectivity index (χ4n) is 19.5. The van der Waals surface area contributed by atoms with Crippen molar-refractivity contribution in [3.63, 3.8) is 0 Å². The Kier molecular flexibility index (Phi) is 37.6. The summed E-state index contributed by atoms with van der Waals surface area (Å²) < 4.78 is 15.7. The number of nitrogens with zero attached hydrogens (tertiary/aromatic N) is 5. The van der Waals surface area contributed by atoms with E-state index in [-0.39, 0.29) is 94.2 Å². The smallest absolute Gasteiger partial charge is 0.481 e. The number of carbonyl (C=O) groups is 4. The average molecular weight is 1870 g/mol. The predicted octanol–water partition coefficient (Wildman–Crippen LogP) is 36.4. The van der Waals surface area contributed by atoms with Crippen LogP contribution in [0.1, 0.15) is 423 Å². The van der Waals surface area contributed by atoms with Gasteiger partial charge in [-0.15, -0.1) is 56.7 Å². The first-order chi connectivity index (χ1) is 61.4. The maximum absolute atomic E-state index is 16.3. The highest BCUT2D eigenvalue weighted by atomic mass is 35.5. The van der Waals surface area contributed by atoms with Gasteiger partial charge in [0.25, 0.3) is 11.8 Å². The number of nitriles is 2. The molecule has 20 heteroatoms. The molecule has 7 aromatic rings. The SMILES string of the molecule is [C-]#[N+]C([N+]#[C-])=C1/C(=C/c2cc3c(s2)-c2sc(-c4sc(-c5cc6c(s5)-c5sc(/C=C7\C(=O)c8cc(Cl)c(Cl)cc8C7=C(C#N)C#N)cc5OC6(CCCCCCCCCCCC)CCCCCCCCCCCC)c5c4C(=O)N(CC(CC)CCCC)C5=O)cc2C(CCCCCCCCCCCC)(CCCCCCCCCCCC)O3)C(=O)c2cc(Cl)c(Cl)cc21. The fraction of sp³-hybridized carbons (Fsp3) is 0.547. The number of ketones is 2. The van der Waals surface area contributed by atoms with Gasteiger partial charge in [-0.1, -0.05) is 338 Å². The minimum absolute atomic E-state index is 0.0968. The summed E-state index contributed by atoms with van der Waals surface area (Å²) in [5, 5.41) is 21.9. The summed E-state index contributed by atoms with van der Waals surface area (Å²) in [6.45, 7) is 30.1.